The summed E-state index contributed by atoms with van der Waals surface area (Å²) in [5.74, 6) is 1.43. The minimum atomic E-state index is 0.346. The van der Waals surface area contributed by atoms with Gasteiger partial charge in [-0.2, -0.15) is 0 Å². The van der Waals surface area contributed by atoms with Gasteiger partial charge in [-0.3, -0.25) is 0 Å². The highest BCUT2D eigenvalue weighted by Gasteiger charge is 2.08. The minimum absolute atomic E-state index is 0.346. The molecule has 2 rings (SSSR count). The zero-order valence-electron chi connectivity index (χ0n) is 11.5. The molecule has 20 heavy (non-hydrogen) atoms. The Hall–Kier alpha value is -1.16. The SMILES string of the molecule is CC(C)NCc1ccoc1COc1cc(Cl)cc(Cl)c1. The third kappa shape index (κ3) is 4.44. The lowest BCUT2D eigenvalue weighted by molar-refractivity contribution is 0.268. The third-order valence-electron chi connectivity index (χ3n) is 2.74. The van der Waals surface area contributed by atoms with Gasteiger partial charge in [0.05, 0.1) is 6.26 Å². The summed E-state index contributed by atoms with van der Waals surface area (Å²) in [5, 5.41) is 4.45. The van der Waals surface area contributed by atoms with Crippen LogP contribution in [0.5, 0.6) is 5.75 Å². The Labute approximate surface area is 128 Å². The largest absolute Gasteiger partial charge is 0.486 e. The quantitative estimate of drug-likeness (QED) is 0.842. The zero-order chi connectivity index (χ0) is 14.5. The van der Waals surface area contributed by atoms with Crippen LogP contribution < -0.4 is 10.1 Å². The summed E-state index contributed by atoms with van der Waals surface area (Å²) in [7, 11) is 0. The topological polar surface area (TPSA) is 34.4 Å². The van der Waals surface area contributed by atoms with E-state index in [0.29, 0.717) is 28.4 Å². The number of halogens is 2. The second-order valence-electron chi connectivity index (χ2n) is 4.80. The maximum absolute atomic E-state index is 5.93. The van der Waals surface area contributed by atoms with E-state index in [1.807, 2.05) is 6.07 Å². The van der Waals surface area contributed by atoms with Crippen LogP contribution in [0.2, 0.25) is 10.0 Å². The molecule has 0 bridgehead atoms. The first kappa shape index (κ1) is 15.2. The molecule has 0 fully saturated rings. The highest BCUT2D eigenvalue weighted by Crippen LogP contribution is 2.25. The normalized spacial score (nSPS) is 11.1. The van der Waals surface area contributed by atoms with Crippen LogP contribution in [-0.4, -0.2) is 6.04 Å². The molecule has 1 aromatic heterocycles. The van der Waals surface area contributed by atoms with Gasteiger partial charge < -0.3 is 14.5 Å². The Morgan fingerprint density at radius 3 is 2.55 bits per heavy atom. The molecule has 0 unspecified atom stereocenters. The van der Waals surface area contributed by atoms with Crippen molar-refractivity contribution in [1.82, 2.24) is 5.32 Å². The van der Waals surface area contributed by atoms with E-state index >= 15 is 0 Å². The van der Waals surface area contributed by atoms with Crippen LogP contribution in [0.25, 0.3) is 0 Å². The van der Waals surface area contributed by atoms with Gasteiger partial charge in [0.2, 0.25) is 0 Å². The monoisotopic (exact) mass is 313 g/mol. The molecular formula is C15H17Cl2NO2. The van der Waals surface area contributed by atoms with Gasteiger partial charge in [-0.25, -0.2) is 0 Å². The standard InChI is InChI=1S/C15H17Cl2NO2/c1-10(2)18-8-11-3-4-19-15(11)9-20-14-6-12(16)5-13(17)7-14/h3-7,10,18H,8-9H2,1-2H3. The molecule has 0 atom stereocenters. The van der Waals surface area contributed by atoms with E-state index in [4.69, 9.17) is 32.4 Å². The van der Waals surface area contributed by atoms with Gasteiger partial charge in [0.15, 0.2) is 0 Å². The molecule has 0 aliphatic rings. The number of benzene rings is 1. The Balaban J connectivity index is 1.98. The first-order valence-corrected chi connectivity index (χ1v) is 7.17. The predicted molar refractivity (Wildman–Crippen MR) is 81.5 cm³/mol. The Morgan fingerprint density at radius 2 is 1.90 bits per heavy atom. The van der Waals surface area contributed by atoms with E-state index in [1.165, 1.54) is 0 Å². The average Bonchev–Trinajstić information content (AvgIpc) is 2.80. The Kier molecular flexibility index (Phi) is 5.35. The van der Waals surface area contributed by atoms with E-state index in [2.05, 4.69) is 19.2 Å². The summed E-state index contributed by atoms with van der Waals surface area (Å²) < 4.78 is 11.1. The van der Waals surface area contributed by atoms with Crippen molar-refractivity contribution in [3.63, 3.8) is 0 Å². The minimum Gasteiger partial charge on any atom is -0.486 e. The van der Waals surface area contributed by atoms with Crippen LogP contribution in [0.3, 0.4) is 0 Å². The van der Waals surface area contributed by atoms with Crippen LogP contribution in [0.1, 0.15) is 25.2 Å². The molecule has 1 aromatic carbocycles. The molecule has 1 heterocycles. The fourth-order valence-electron chi connectivity index (χ4n) is 1.73. The van der Waals surface area contributed by atoms with E-state index < -0.39 is 0 Å². The predicted octanol–water partition coefficient (Wildman–Crippen LogP) is 4.66. The molecule has 3 nitrogen and oxygen atoms in total. The van der Waals surface area contributed by atoms with Gasteiger partial charge in [0.25, 0.3) is 0 Å². The lowest BCUT2D eigenvalue weighted by atomic mass is 10.2. The summed E-state index contributed by atoms with van der Waals surface area (Å²) in [6, 6.07) is 7.48. The molecule has 0 saturated heterocycles. The van der Waals surface area contributed by atoms with Crippen molar-refractivity contribution in [3.05, 3.63) is 51.9 Å². The summed E-state index contributed by atoms with van der Waals surface area (Å²) in [6.07, 6.45) is 1.67. The van der Waals surface area contributed by atoms with Crippen molar-refractivity contribution in [1.29, 1.82) is 0 Å². The number of hydrogen-bond acceptors (Lipinski definition) is 3. The van der Waals surface area contributed by atoms with Crippen LogP contribution in [0.4, 0.5) is 0 Å². The fourth-order valence-corrected chi connectivity index (χ4v) is 2.23. The zero-order valence-corrected chi connectivity index (χ0v) is 13.0. The average molecular weight is 314 g/mol. The second kappa shape index (κ2) is 7.02. The molecule has 0 aliphatic heterocycles. The maximum atomic E-state index is 5.93. The van der Waals surface area contributed by atoms with Gasteiger partial charge in [-0.05, 0) is 24.3 Å². The highest BCUT2D eigenvalue weighted by atomic mass is 35.5. The van der Waals surface area contributed by atoms with Crippen LogP contribution >= 0.6 is 23.2 Å². The number of hydrogen-bond donors (Lipinski definition) is 1. The van der Waals surface area contributed by atoms with Gasteiger partial charge in [0.1, 0.15) is 18.1 Å². The maximum Gasteiger partial charge on any atom is 0.146 e. The molecule has 0 aliphatic carbocycles. The number of rotatable bonds is 6. The van der Waals surface area contributed by atoms with E-state index in [0.717, 1.165) is 17.9 Å². The fraction of sp³-hybridized carbons (Fsp3) is 0.333. The van der Waals surface area contributed by atoms with Crippen LogP contribution in [0, 0.1) is 0 Å². The van der Waals surface area contributed by atoms with Crippen molar-refractivity contribution in [2.75, 3.05) is 0 Å². The van der Waals surface area contributed by atoms with E-state index in [9.17, 15) is 0 Å². The molecule has 0 radical (unpaired) electrons. The molecule has 2 aromatic rings. The van der Waals surface area contributed by atoms with Gasteiger partial charge in [0, 0.05) is 28.2 Å². The summed E-state index contributed by atoms with van der Waals surface area (Å²) >= 11 is 11.9. The first-order valence-electron chi connectivity index (χ1n) is 6.42. The van der Waals surface area contributed by atoms with Crippen LogP contribution in [0.15, 0.2) is 34.9 Å². The molecule has 1 N–H and O–H groups in total. The number of nitrogens with one attached hydrogen (secondary N) is 1. The van der Waals surface area contributed by atoms with Gasteiger partial charge in [-0.1, -0.05) is 37.0 Å². The van der Waals surface area contributed by atoms with Gasteiger partial charge in [-0.15, -0.1) is 0 Å². The molecule has 108 valence electrons. The Morgan fingerprint density at radius 1 is 1.20 bits per heavy atom. The highest BCUT2D eigenvalue weighted by molar-refractivity contribution is 6.34. The summed E-state index contributed by atoms with van der Waals surface area (Å²) in [5.41, 5.74) is 1.09. The Bertz CT molecular complexity index is 547. The van der Waals surface area contributed by atoms with Crippen molar-refractivity contribution < 1.29 is 9.15 Å². The lowest BCUT2D eigenvalue weighted by Gasteiger charge is -2.09. The van der Waals surface area contributed by atoms with Crippen molar-refractivity contribution >= 4 is 23.2 Å². The van der Waals surface area contributed by atoms with Crippen molar-refractivity contribution in [3.8, 4) is 5.75 Å². The summed E-state index contributed by atoms with van der Waals surface area (Å²) in [4.78, 5) is 0. The molecule has 0 saturated carbocycles. The molecule has 0 spiro atoms. The third-order valence-corrected chi connectivity index (χ3v) is 3.18. The number of furan rings is 1. The molecule has 0 amide bonds. The molecular weight excluding hydrogens is 297 g/mol. The van der Waals surface area contributed by atoms with Crippen molar-refractivity contribution in [2.24, 2.45) is 0 Å². The van der Waals surface area contributed by atoms with Gasteiger partial charge >= 0.3 is 0 Å². The van der Waals surface area contributed by atoms with E-state index in [1.54, 1.807) is 24.5 Å². The van der Waals surface area contributed by atoms with Crippen molar-refractivity contribution in [2.45, 2.75) is 33.0 Å². The smallest absolute Gasteiger partial charge is 0.146 e. The molecule has 5 heteroatoms. The summed E-state index contributed by atoms with van der Waals surface area (Å²) in [6.45, 7) is 5.30. The van der Waals surface area contributed by atoms with Crippen LogP contribution in [-0.2, 0) is 13.2 Å². The lowest BCUT2D eigenvalue weighted by Crippen LogP contribution is -2.22. The van der Waals surface area contributed by atoms with E-state index in [-0.39, 0.29) is 0 Å². The second-order valence-corrected chi connectivity index (χ2v) is 5.67. The first-order chi connectivity index (χ1) is 9.54. The number of ether oxygens (including phenoxy) is 1.